The summed E-state index contributed by atoms with van der Waals surface area (Å²) in [5.74, 6) is 0.368. The molecule has 1 heterocycles. The Morgan fingerprint density at radius 1 is 1.63 bits per heavy atom. The van der Waals surface area contributed by atoms with Crippen LogP contribution >= 0.6 is 0 Å². The highest BCUT2D eigenvalue weighted by atomic mass is 16.5. The summed E-state index contributed by atoms with van der Waals surface area (Å²) in [6, 6.07) is 0. The molecular weight excluding hydrogens is 240 g/mol. The van der Waals surface area contributed by atoms with Crippen molar-refractivity contribution in [3.05, 3.63) is 52.7 Å². The molecule has 1 aliphatic heterocycles. The van der Waals surface area contributed by atoms with E-state index in [1.165, 1.54) is 11.3 Å². The van der Waals surface area contributed by atoms with Gasteiger partial charge in [0, 0.05) is 43.6 Å². The summed E-state index contributed by atoms with van der Waals surface area (Å²) in [6.45, 7) is 2.89. The average Bonchev–Trinajstić information content (AvgIpc) is 2.86. The highest BCUT2D eigenvalue weighted by Crippen LogP contribution is 2.32. The molecule has 1 N–H and O–H groups in total. The van der Waals surface area contributed by atoms with E-state index in [0.29, 0.717) is 25.5 Å². The molecule has 1 unspecified atom stereocenters. The third-order valence-electron chi connectivity index (χ3n) is 3.47. The lowest BCUT2D eigenvalue weighted by atomic mass is 9.91. The van der Waals surface area contributed by atoms with E-state index in [9.17, 15) is 5.21 Å². The maximum Gasteiger partial charge on any atom is 0.0516 e. The van der Waals surface area contributed by atoms with Crippen molar-refractivity contribution in [2.45, 2.75) is 19.8 Å². The van der Waals surface area contributed by atoms with Gasteiger partial charge in [-0.3, -0.25) is 0 Å². The van der Waals surface area contributed by atoms with E-state index in [2.05, 4.69) is 23.5 Å². The molecule has 0 fully saturated rings. The number of rotatable bonds is 6. The van der Waals surface area contributed by atoms with Crippen LogP contribution in [-0.2, 0) is 4.74 Å². The molecule has 0 bridgehead atoms. The normalized spacial score (nSPS) is 21.6. The van der Waals surface area contributed by atoms with Crippen LogP contribution in [0.5, 0.6) is 0 Å². The lowest BCUT2D eigenvalue weighted by Gasteiger charge is -2.32. The zero-order chi connectivity index (χ0) is 13.7. The first-order chi connectivity index (χ1) is 9.26. The van der Waals surface area contributed by atoms with Gasteiger partial charge < -0.3 is 20.3 Å². The van der Waals surface area contributed by atoms with Crippen LogP contribution in [-0.4, -0.2) is 25.3 Å². The fraction of sp³-hybridized carbons (Fsp3) is 0.467. The predicted octanol–water partition coefficient (Wildman–Crippen LogP) is 2.67. The van der Waals surface area contributed by atoms with E-state index >= 15 is 0 Å². The zero-order valence-corrected chi connectivity index (χ0v) is 11.6. The van der Waals surface area contributed by atoms with Crippen LogP contribution < -0.4 is 5.32 Å². The molecule has 104 valence electrons. The molecule has 0 aromatic carbocycles. The number of fused-ring (bicyclic) bond motifs is 1. The number of hydrogen-bond acceptors (Lipinski definition) is 4. The molecule has 0 saturated carbocycles. The van der Waals surface area contributed by atoms with Gasteiger partial charge in [0.05, 0.1) is 6.61 Å². The van der Waals surface area contributed by atoms with Gasteiger partial charge >= 0.3 is 0 Å². The van der Waals surface area contributed by atoms with Gasteiger partial charge in [-0.1, -0.05) is 12.2 Å². The predicted molar refractivity (Wildman–Crippen MR) is 76.9 cm³/mol. The van der Waals surface area contributed by atoms with Crippen LogP contribution in [0.4, 0.5) is 0 Å². The van der Waals surface area contributed by atoms with E-state index in [-0.39, 0.29) is 0 Å². The third kappa shape index (κ3) is 3.28. The second-order valence-corrected chi connectivity index (χ2v) is 4.70. The molecule has 0 saturated heterocycles. The van der Waals surface area contributed by atoms with Gasteiger partial charge in [-0.2, -0.15) is 0 Å². The molecule has 0 spiro atoms. The molecule has 19 heavy (non-hydrogen) atoms. The van der Waals surface area contributed by atoms with Crippen LogP contribution in [0.25, 0.3) is 0 Å². The largest absolute Gasteiger partial charge is 0.759 e. The topological polar surface area (TPSA) is 47.6 Å². The molecule has 1 atom stereocenters. The monoisotopic (exact) mass is 261 g/mol. The third-order valence-corrected chi connectivity index (χ3v) is 3.47. The fourth-order valence-corrected chi connectivity index (χ4v) is 2.37. The van der Waals surface area contributed by atoms with Crippen molar-refractivity contribution in [1.29, 1.82) is 0 Å². The van der Waals surface area contributed by atoms with Crippen LogP contribution in [0.2, 0.25) is 0 Å². The van der Waals surface area contributed by atoms with Crippen LogP contribution in [0.15, 0.2) is 47.5 Å². The smallest absolute Gasteiger partial charge is 0.0516 e. The number of nitrogens with zero attached hydrogens (tertiary/aromatic N) is 1. The summed E-state index contributed by atoms with van der Waals surface area (Å²) in [5.41, 5.74) is 3.18. The molecule has 0 amide bonds. The van der Waals surface area contributed by atoms with E-state index in [1.54, 1.807) is 7.11 Å². The minimum atomic E-state index is 0.368. The Morgan fingerprint density at radius 2 is 2.47 bits per heavy atom. The summed E-state index contributed by atoms with van der Waals surface area (Å²) < 4.78 is 5.07. The van der Waals surface area contributed by atoms with Gasteiger partial charge in [-0.25, -0.2) is 0 Å². The highest BCUT2D eigenvalue weighted by Gasteiger charge is 2.23. The highest BCUT2D eigenvalue weighted by molar-refractivity contribution is 5.41. The summed E-state index contributed by atoms with van der Waals surface area (Å²) in [4.78, 5) is 0. The number of methoxy groups -OCH3 is 1. The lowest BCUT2D eigenvalue weighted by molar-refractivity contribution is 0.195. The molecule has 0 aromatic rings. The fourth-order valence-electron chi connectivity index (χ4n) is 2.37. The molecule has 4 nitrogen and oxygen atoms in total. The Labute approximate surface area is 114 Å². The second-order valence-electron chi connectivity index (χ2n) is 4.70. The maximum atomic E-state index is 11.9. The van der Waals surface area contributed by atoms with E-state index < -0.39 is 0 Å². The van der Waals surface area contributed by atoms with Crippen LogP contribution in [0.1, 0.15) is 19.8 Å². The minimum absolute atomic E-state index is 0.368. The number of nitrogens with one attached hydrogen (secondary N) is 1. The minimum Gasteiger partial charge on any atom is -0.759 e. The van der Waals surface area contributed by atoms with Crippen molar-refractivity contribution in [1.82, 2.24) is 10.4 Å². The van der Waals surface area contributed by atoms with E-state index in [0.717, 1.165) is 17.2 Å². The van der Waals surface area contributed by atoms with Gasteiger partial charge in [-0.05, 0) is 31.1 Å². The van der Waals surface area contributed by atoms with Crippen LogP contribution in [0.3, 0.4) is 0 Å². The Morgan fingerprint density at radius 3 is 3.21 bits per heavy atom. The summed E-state index contributed by atoms with van der Waals surface area (Å²) >= 11 is 0. The zero-order valence-electron chi connectivity index (χ0n) is 11.6. The van der Waals surface area contributed by atoms with Gasteiger partial charge in [0.2, 0.25) is 0 Å². The molecule has 2 aliphatic rings. The standard InChI is InChI=1S/C15H21N2O2/c1-3-17(18)13(8-9-19-2)10-12-11-16-15-7-5-4-6-14(12)15/h4-5,7,10-11,14,16H,3,6,8-9H2,1-2H3/q-1/b13-10+. The first kappa shape index (κ1) is 13.9. The summed E-state index contributed by atoms with van der Waals surface area (Å²) in [7, 11) is 1.65. The number of hydrogen-bond donors (Lipinski definition) is 1. The molecule has 0 aromatic heterocycles. The number of ether oxygens (including phenoxy) is 1. The van der Waals surface area contributed by atoms with Gasteiger partial charge in [0.25, 0.3) is 0 Å². The summed E-state index contributed by atoms with van der Waals surface area (Å²) in [6.07, 6.45) is 12.0. The second kappa shape index (κ2) is 6.59. The van der Waals surface area contributed by atoms with Crippen LogP contribution in [0, 0.1) is 11.1 Å². The maximum absolute atomic E-state index is 11.9. The van der Waals surface area contributed by atoms with Crippen molar-refractivity contribution in [3.63, 3.8) is 0 Å². The van der Waals surface area contributed by atoms with Gasteiger partial charge in [0.15, 0.2) is 0 Å². The van der Waals surface area contributed by atoms with E-state index in [1.807, 2.05) is 19.2 Å². The first-order valence-electron chi connectivity index (χ1n) is 6.73. The summed E-state index contributed by atoms with van der Waals surface area (Å²) in [5, 5.41) is 16.2. The quantitative estimate of drug-likeness (QED) is 0.747. The first-order valence-corrected chi connectivity index (χ1v) is 6.73. The Balaban J connectivity index is 2.12. The van der Waals surface area contributed by atoms with Gasteiger partial charge in [-0.15, -0.1) is 0 Å². The molecule has 4 heteroatoms. The van der Waals surface area contributed by atoms with Crippen molar-refractivity contribution < 1.29 is 4.74 Å². The van der Waals surface area contributed by atoms with Crippen molar-refractivity contribution in [2.75, 3.05) is 20.3 Å². The molecular formula is C15H21N2O2-. The van der Waals surface area contributed by atoms with Crippen molar-refractivity contribution in [2.24, 2.45) is 5.92 Å². The van der Waals surface area contributed by atoms with Crippen molar-refractivity contribution >= 4 is 0 Å². The SMILES string of the molecule is CCN([O-])/C(=C/C1=CNC2=CC=CCC12)CCOC. The number of allylic oxidation sites excluding steroid dienone is 5. The lowest BCUT2D eigenvalue weighted by Crippen LogP contribution is -2.17. The number of hydroxylamine groups is 2. The Kier molecular flexibility index (Phi) is 4.82. The van der Waals surface area contributed by atoms with E-state index in [4.69, 9.17) is 4.74 Å². The van der Waals surface area contributed by atoms with Crippen molar-refractivity contribution in [3.8, 4) is 0 Å². The molecule has 0 radical (unpaired) electrons. The Bertz CT molecular complexity index is 435. The molecule has 2 rings (SSSR count). The average molecular weight is 261 g/mol. The molecule has 1 aliphatic carbocycles. The van der Waals surface area contributed by atoms with Gasteiger partial charge in [0.1, 0.15) is 0 Å². The Hall–Kier alpha value is -1.52.